The van der Waals surface area contributed by atoms with Gasteiger partial charge in [0, 0.05) is 0 Å². The maximum atomic E-state index is 12.9. The van der Waals surface area contributed by atoms with Gasteiger partial charge in [0.05, 0.1) is 15.7 Å². The summed E-state index contributed by atoms with van der Waals surface area (Å²) < 4.78 is 18.8. The quantitative estimate of drug-likeness (QED) is 0.667. The fourth-order valence-electron chi connectivity index (χ4n) is 1.15. The minimum atomic E-state index is -0.446. The Kier molecular flexibility index (Phi) is 3.95. The lowest BCUT2D eigenvalue weighted by Crippen LogP contribution is -2.10. The summed E-state index contributed by atoms with van der Waals surface area (Å²) in [7, 11) is 0. The van der Waals surface area contributed by atoms with Crippen LogP contribution in [0.15, 0.2) is 28.9 Å². The largest absolute Gasteiger partial charge is 0.436 e. The van der Waals surface area contributed by atoms with Crippen LogP contribution in [0.4, 0.5) is 10.3 Å². The summed E-state index contributed by atoms with van der Waals surface area (Å²) in [4.78, 5) is 7.85. The van der Waals surface area contributed by atoms with Gasteiger partial charge in [-0.25, -0.2) is 15.2 Å². The van der Waals surface area contributed by atoms with Crippen molar-refractivity contribution in [3.8, 4) is 11.6 Å². The number of nitrogens with two attached hydrogens (primary N) is 1. The highest BCUT2D eigenvalue weighted by atomic mass is 79.9. The maximum absolute atomic E-state index is 12.9. The van der Waals surface area contributed by atoms with E-state index in [1.54, 1.807) is 0 Å². The van der Waals surface area contributed by atoms with Crippen LogP contribution in [-0.2, 0) is 0 Å². The average molecular weight is 334 g/mol. The van der Waals surface area contributed by atoms with E-state index in [0.717, 1.165) is 6.07 Å². The van der Waals surface area contributed by atoms with E-state index in [1.807, 2.05) is 0 Å². The molecule has 18 heavy (non-hydrogen) atoms. The molecule has 0 atom stereocenters. The predicted octanol–water partition coefficient (Wildman–Crippen LogP) is 3.11. The first kappa shape index (κ1) is 13.0. The number of aromatic nitrogens is 2. The van der Waals surface area contributed by atoms with Crippen molar-refractivity contribution in [3.63, 3.8) is 0 Å². The van der Waals surface area contributed by atoms with Gasteiger partial charge in [0.1, 0.15) is 11.6 Å². The molecule has 0 spiro atoms. The van der Waals surface area contributed by atoms with Crippen molar-refractivity contribution >= 4 is 33.5 Å². The summed E-state index contributed by atoms with van der Waals surface area (Å²) in [5, 5.41) is 0.141. The molecule has 0 aliphatic carbocycles. The van der Waals surface area contributed by atoms with Gasteiger partial charge < -0.3 is 4.74 Å². The summed E-state index contributed by atoms with van der Waals surface area (Å²) >= 11 is 9.06. The summed E-state index contributed by atoms with van der Waals surface area (Å²) in [6, 6.07) is 3.79. The molecule has 1 aromatic carbocycles. The molecule has 0 aliphatic rings. The standard InChI is InChI=1S/C10H7BrClFN4O/c11-6-4-15-10(17-14)16-9(6)18-8-2-1-5(13)3-7(8)12/h1-4H,14H2,(H,15,16,17). The highest BCUT2D eigenvalue weighted by Crippen LogP contribution is 2.32. The van der Waals surface area contributed by atoms with Gasteiger partial charge in [-0.2, -0.15) is 4.98 Å². The molecule has 8 heteroatoms. The van der Waals surface area contributed by atoms with Crippen molar-refractivity contribution in [1.82, 2.24) is 9.97 Å². The summed E-state index contributed by atoms with van der Waals surface area (Å²) in [6.45, 7) is 0. The van der Waals surface area contributed by atoms with Crippen LogP contribution in [0.25, 0.3) is 0 Å². The van der Waals surface area contributed by atoms with Crippen LogP contribution in [0, 0.1) is 5.82 Å². The van der Waals surface area contributed by atoms with Crippen molar-refractivity contribution in [3.05, 3.63) is 39.7 Å². The number of halogens is 3. The minimum absolute atomic E-state index is 0.141. The van der Waals surface area contributed by atoms with Crippen molar-refractivity contribution in [2.45, 2.75) is 0 Å². The molecule has 2 rings (SSSR count). The van der Waals surface area contributed by atoms with Crippen molar-refractivity contribution in [2.24, 2.45) is 5.84 Å². The Morgan fingerprint density at radius 1 is 1.44 bits per heavy atom. The molecular weight excluding hydrogens is 326 g/mol. The molecule has 0 aliphatic heterocycles. The lowest BCUT2D eigenvalue weighted by atomic mass is 10.3. The molecule has 0 amide bonds. The zero-order valence-electron chi connectivity index (χ0n) is 8.82. The molecule has 5 nitrogen and oxygen atoms in total. The number of nitrogens with zero attached hydrogens (tertiary/aromatic N) is 2. The maximum Gasteiger partial charge on any atom is 0.240 e. The Hall–Kier alpha value is -1.44. The van der Waals surface area contributed by atoms with Gasteiger partial charge in [0.2, 0.25) is 11.8 Å². The van der Waals surface area contributed by atoms with Crippen LogP contribution >= 0.6 is 27.5 Å². The Labute approximate surface area is 115 Å². The zero-order valence-corrected chi connectivity index (χ0v) is 11.2. The van der Waals surface area contributed by atoms with Gasteiger partial charge in [-0.3, -0.25) is 5.43 Å². The third kappa shape index (κ3) is 2.87. The smallest absolute Gasteiger partial charge is 0.240 e. The van der Waals surface area contributed by atoms with Crippen LogP contribution in [0.5, 0.6) is 11.6 Å². The number of hydrazine groups is 1. The van der Waals surface area contributed by atoms with Crippen molar-refractivity contribution < 1.29 is 9.13 Å². The number of hydrogen-bond donors (Lipinski definition) is 2. The number of ether oxygens (including phenoxy) is 1. The highest BCUT2D eigenvalue weighted by molar-refractivity contribution is 9.10. The van der Waals surface area contributed by atoms with E-state index < -0.39 is 5.82 Å². The van der Waals surface area contributed by atoms with Crippen LogP contribution in [0.3, 0.4) is 0 Å². The zero-order chi connectivity index (χ0) is 13.1. The van der Waals surface area contributed by atoms with Gasteiger partial charge in [-0.15, -0.1) is 0 Å². The summed E-state index contributed by atoms with van der Waals surface area (Å²) in [5.41, 5.74) is 2.29. The van der Waals surface area contributed by atoms with Gasteiger partial charge >= 0.3 is 0 Å². The first-order valence-corrected chi connectivity index (χ1v) is 5.89. The Bertz CT molecular complexity index is 584. The molecule has 0 bridgehead atoms. The number of nitrogens with one attached hydrogen (secondary N) is 1. The molecule has 0 unspecified atom stereocenters. The molecule has 0 radical (unpaired) electrons. The fraction of sp³-hybridized carbons (Fsp3) is 0. The first-order valence-electron chi connectivity index (χ1n) is 4.72. The Balaban J connectivity index is 2.33. The second-order valence-electron chi connectivity index (χ2n) is 3.17. The highest BCUT2D eigenvalue weighted by Gasteiger charge is 2.10. The molecule has 0 saturated carbocycles. The molecule has 0 saturated heterocycles. The van der Waals surface area contributed by atoms with E-state index in [4.69, 9.17) is 22.2 Å². The van der Waals surface area contributed by atoms with Crippen molar-refractivity contribution in [1.29, 1.82) is 0 Å². The van der Waals surface area contributed by atoms with E-state index in [1.165, 1.54) is 18.3 Å². The third-order valence-electron chi connectivity index (χ3n) is 1.94. The van der Waals surface area contributed by atoms with Crippen LogP contribution in [-0.4, -0.2) is 9.97 Å². The summed E-state index contributed by atoms with van der Waals surface area (Å²) in [5.74, 6) is 5.42. The molecule has 1 heterocycles. The van der Waals surface area contributed by atoms with Gasteiger partial charge in [0.15, 0.2) is 0 Å². The van der Waals surface area contributed by atoms with E-state index >= 15 is 0 Å². The predicted molar refractivity (Wildman–Crippen MR) is 69.0 cm³/mol. The van der Waals surface area contributed by atoms with E-state index in [9.17, 15) is 4.39 Å². The van der Waals surface area contributed by atoms with Crippen LogP contribution in [0.1, 0.15) is 0 Å². The Morgan fingerprint density at radius 2 is 2.22 bits per heavy atom. The van der Waals surface area contributed by atoms with Gasteiger partial charge in [0.25, 0.3) is 0 Å². The number of nitrogen functional groups attached to an aromatic ring is 1. The Morgan fingerprint density at radius 3 is 2.89 bits per heavy atom. The molecule has 94 valence electrons. The molecule has 3 N–H and O–H groups in total. The summed E-state index contributed by atoms with van der Waals surface area (Å²) in [6.07, 6.45) is 1.47. The molecule has 0 fully saturated rings. The second-order valence-corrected chi connectivity index (χ2v) is 4.43. The number of anilines is 1. The number of hydrogen-bond acceptors (Lipinski definition) is 5. The van der Waals surface area contributed by atoms with Crippen LogP contribution < -0.4 is 16.0 Å². The molecule has 2 aromatic rings. The molecule has 1 aromatic heterocycles. The van der Waals surface area contributed by atoms with E-state index in [0.29, 0.717) is 4.47 Å². The van der Waals surface area contributed by atoms with Crippen molar-refractivity contribution in [2.75, 3.05) is 5.43 Å². The molecular formula is C10H7BrClFN4O. The minimum Gasteiger partial charge on any atom is -0.436 e. The lowest BCUT2D eigenvalue weighted by Gasteiger charge is -2.09. The topological polar surface area (TPSA) is 73.1 Å². The van der Waals surface area contributed by atoms with Gasteiger partial charge in [-0.05, 0) is 34.1 Å². The third-order valence-corrected chi connectivity index (χ3v) is 2.78. The first-order chi connectivity index (χ1) is 8.60. The SMILES string of the molecule is NNc1ncc(Br)c(Oc2ccc(F)cc2Cl)n1. The fourth-order valence-corrected chi connectivity index (χ4v) is 1.63. The average Bonchev–Trinajstić information content (AvgIpc) is 2.35. The van der Waals surface area contributed by atoms with E-state index in [-0.39, 0.29) is 22.6 Å². The lowest BCUT2D eigenvalue weighted by molar-refractivity contribution is 0.457. The van der Waals surface area contributed by atoms with Crippen LogP contribution in [0.2, 0.25) is 5.02 Å². The normalized spacial score (nSPS) is 10.2. The number of benzene rings is 1. The second kappa shape index (κ2) is 5.47. The number of rotatable bonds is 3. The monoisotopic (exact) mass is 332 g/mol. The van der Waals surface area contributed by atoms with Gasteiger partial charge in [-0.1, -0.05) is 11.6 Å². The van der Waals surface area contributed by atoms with E-state index in [2.05, 4.69) is 31.3 Å².